The molecule has 1 rings (SSSR count). The van der Waals surface area contributed by atoms with E-state index < -0.39 is 6.43 Å². The molecule has 2 N–H and O–H groups in total. The Bertz CT molecular complexity index is 294. The molecule has 0 saturated heterocycles. The van der Waals surface area contributed by atoms with Crippen LogP contribution in [0.25, 0.3) is 0 Å². The van der Waals surface area contributed by atoms with Crippen molar-refractivity contribution >= 4 is 45.2 Å². The second-order valence-corrected chi connectivity index (χ2v) is 4.49. The smallest absolute Gasteiger partial charge is 0.267 e. The number of halogens is 4. The van der Waals surface area contributed by atoms with Crippen molar-refractivity contribution in [3.63, 3.8) is 0 Å². The average Bonchev–Trinajstić information content (AvgIpc) is 2.02. The molecule has 1 aromatic rings. The highest BCUT2D eigenvalue weighted by atomic mass is 127. The predicted octanol–water partition coefficient (Wildman–Crippen LogP) is 2.69. The molecule has 0 aliphatic heterocycles. The van der Waals surface area contributed by atoms with Crippen LogP contribution in [0.1, 0.15) is 17.7 Å². The lowest BCUT2D eigenvalue weighted by molar-refractivity contribution is 0.149. The molecule has 0 aliphatic rings. The summed E-state index contributed by atoms with van der Waals surface area (Å²) in [7, 11) is 0. The third-order valence-corrected chi connectivity index (χ3v) is 3.16. The Labute approximate surface area is 102 Å². The first-order valence-corrected chi connectivity index (χ1v) is 5.55. The molecule has 1 aromatic heterocycles. The summed E-state index contributed by atoms with van der Waals surface area (Å²) < 4.78 is 25.7. The van der Waals surface area contributed by atoms with Crippen molar-refractivity contribution in [2.45, 2.75) is 13.0 Å². The van der Waals surface area contributed by atoms with Crippen LogP contribution < -0.4 is 5.73 Å². The Balaban J connectivity index is 3.23. The highest BCUT2D eigenvalue weighted by Gasteiger charge is 2.17. The van der Waals surface area contributed by atoms with Crippen molar-refractivity contribution in [1.29, 1.82) is 0 Å². The zero-order valence-corrected chi connectivity index (χ0v) is 10.7. The quantitative estimate of drug-likeness (QED) is 0.602. The highest BCUT2D eigenvalue weighted by Crippen LogP contribution is 2.28. The van der Waals surface area contributed by atoms with E-state index in [1.807, 2.05) is 22.6 Å². The van der Waals surface area contributed by atoms with Gasteiger partial charge in [0.2, 0.25) is 0 Å². The minimum atomic E-state index is -2.47. The van der Waals surface area contributed by atoms with Crippen LogP contribution in [-0.2, 0) is 6.54 Å². The summed E-state index contributed by atoms with van der Waals surface area (Å²) in [6.07, 6.45) is -2.47. The summed E-state index contributed by atoms with van der Waals surface area (Å²) in [6, 6.07) is 1.59. The number of pyridine rings is 1. The van der Waals surface area contributed by atoms with Crippen LogP contribution in [0.3, 0.4) is 0 Å². The summed E-state index contributed by atoms with van der Waals surface area (Å²) >= 11 is 3.67. The molecule has 0 aliphatic carbocycles. The fourth-order valence-corrected chi connectivity index (χ4v) is 3.04. The standard InChI is InChI=1S/C7H6F2I2N2/c8-6(9)5-4(10)1-3(2-12)13-7(5)11/h1,6H,2,12H2. The first-order chi connectivity index (χ1) is 6.06. The number of nitrogens with two attached hydrogens (primary N) is 1. The molecule has 1 heterocycles. The Morgan fingerprint density at radius 2 is 2.08 bits per heavy atom. The van der Waals surface area contributed by atoms with E-state index in [9.17, 15) is 8.78 Å². The zero-order chi connectivity index (χ0) is 10.0. The van der Waals surface area contributed by atoms with E-state index in [-0.39, 0.29) is 12.1 Å². The van der Waals surface area contributed by atoms with E-state index in [0.717, 1.165) is 0 Å². The van der Waals surface area contributed by atoms with Gasteiger partial charge in [-0.1, -0.05) is 0 Å². The summed E-state index contributed by atoms with van der Waals surface area (Å²) in [5, 5.41) is 0. The molecule has 0 aromatic carbocycles. The van der Waals surface area contributed by atoms with E-state index in [4.69, 9.17) is 5.73 Å². The molecule has 0 spiro atoms. The molecule has 0 unspecified atom stereocenters. The molecule has 0 radical (unpaired) electrons. The van der Waals surface area contributed by atoms with E-state index >= 15 is 0 Å². The molecule has 0 atom stereocenters. The highest BCUT2D eigenvalue weighted by molar-refractivity contribution is 14.1. The van der Waals surface area contributed by atoms with Gasteiger partial charge in [0.1, 0.15) is 3.70 Å². The van der Waals surface area contributed by atoms with Gasteiger partial charge in [0.25, 0.3) is 6.43 Å². The lowest BCUT2D eigenvalue weighted by atomic mass is 10.2. The summed E-state index contributed by atoms with van der Waals surface area (Å²) in [5.41, 5.74) is 5.99. The topological polar surface area (TPSA) is 38.9 Å². The molecule has 0 bridgehead atoms. The number of nitrogens with zero attached hydrogens (tertiary/aromatic N) is 1. The predicted molar refractivity (Wildman–Crippen MR) is 62.5 cm³/mol. The van der Waals surface area contributed by atoms with Crippen molar-refractivity contribution in [3.8, 4) is 0 Å². The van der Waals surface area contributed by atoms with E-state index in [1.165, 1.54) is 0 Å². The second kappa shape index (κ2) is 4.78. The first-order valence-electron chi connectivity index (χ1n) is 3.39. The lowest BCUT2D eigenvalue weighted by Crippen LogP contribution is -2.05. The van der Waals surface area contributed by atoms with Crippen LogP contribution in [0.2, 0.25) is 0 Å². The van der Waals surface area contributed by atoms with E-state index in [2.05, 4.69) is 4.98 Å². The van der Waals surface area contributed by atoms with Crippen LogP contribution in [0.5, 0.6) is 0 Å². The molecule has 0 saturated carbocycles. The SMILES string of the molecule is NCc1cc(I)c(C(F)F)c(I)n1. The zero-order valence-electron chi connectivity index (χ0n) is 6.40. The summed E-state index contributed by atoms with van der Waals surface area (Å²) in [6.45, 7) is 0.273. The van der Waals surface area contributed by atoms with Crippen molar-refractivity contribution in [3.05, 3.63) is 24.6 Å². The maximum absolute atomic E-state index is 12.4. The third-order valence-electron chi connectivity index (χ3n) is 1.44. The van der Waals surface area contributed by atoms with Crippen molar-refractivity contribution in [2.75, 3.05) is 0 Å². The number of hydrogen-bond acceptors (Lipinski definition) is 2. The van der Waals surface area contributed by atoms with Gasteiger partial charge in [0, 0.05) is 10.1 Å². The van der Waals surface area contributed by atoms with Gasteiger partial charge in [-0.2, -0.15) is 0 Å². The Morgan fingerprint density at radius 3 is 2.46 bits per heavy atom. The second-order valence-electron chi connectivity index (χ2n) is 2.30. The van der Waals surface area contributed by atoms with Gasteiger partial charge >= 0.3 is 0 Å². The van der Waals surface area contributed by atoms with E-state index in [1.54, 1.807) is 28.7 Å². The van der Waals surface area contributed by atoms with Gasteiger partial charge in [-0.05, 0) is 51.2 Å². The minimum absolute atomic E-state index is 0.00148. The molecule has 6 heteroatoms. The fraction of sp³-hybridized carbons (Fsp3) is 0.286. The summed E-state index contributed by atoms with van der Waals surface area (Å²) in [4.78, 5) is 3.95. The number of aromatic nitrogens is 1. The monoisotopic (exact) mass is 410 g/mol. The van der Waals surface area contributed by atoms with Crippen LogP contribution in [0.15, 0.2) is 6.07 Å². The van der Waals surface area contributed by atoms with Gasteiger partial charge in [-0.3, -0.25) is 0 Å². The Hall–Kier alpha value is 0.430. The number of alkyl halides is 2. The van der Waals surface area contributed by atoms with Gasteiger partial charge < -0.3 is 5.73 Å². The van der Waals surface area contributed by atoms with Crippen molar-refractivity contribution in [2.24, 2.45) is 5.73 Å². The van der Waals surface area contributed by atoms with Gasteiger partial charge in [-0.25, -0.2) is 13.8 Å². The fourth-order valence-electron chi connectivity index (χ4n) is 0.840. The number of rotatable bonds is 2. The average molecular weight is 410 g/mol. The molecular formula is C7H6F2I2N2. The first kappa shape index (κ1) is 11.5. The maximum Gasteiger partial charge on any atom is 0.267 e. The maximum atomic E-state index is 12.4. The van der Waals surface area contributed by atoms with Gasteiger partial charge in [-0.15, -0.1) is 0 Å². The normalized spacial score (nSPS) is 10.9. The minimum Gasteiger partial charge on any atom is -0.325 e. The lowest BCUT2D eigenvalue weighted by Gasteiger charge is -2.07. The van der Waals surface area contributed by atoms with Crippen LogP contribution in [0, 0.1) is 7.27 Å². The molecular weight excluding hydrogens is 404 g/mol. The van der Waals surface area contributed by atoms with Crippen molar-refractivity contribution < 1.29 is 8.78 Å². The van der Waals surface area contributed by atoms with Gasteiger partial charge in [0.05, 0.1) is 11.3 Å². The van der Waals surface area contributed by atoms with Crippen LogP contribution in [0.4, 0.5) is 8.78 Å². The summed E-state index contributed by atoms with van der Waals surface area (Å²) in [5.74, 6) is 0. The molecule has 72 valence electrons. The van der Waals surface area contributed by atoms with E-state index in [0.29, 0.717) is 13.0 Å². The largest absolute Gasteiger partial charge is 0.325 e. The van der Waals surface area contributed by atoms with Crippen molar-refractivity contribution in [1.82, 2.24) is 4.98 Å². The third kappa shape index (κ3) is 2.69. The molecule has 2 nitrogen and oxygen atoms in total. The Morgan fingerprint density at radius 1 is 1.46 bits per heavy atom. The van der Waals surface area contributed by atoms with Crippen LogP contribution in [-0.4, -0.2) is 4.98 Å². The van der Waals surface area contributed by atoms with Gasteiger partial charge in [0.15, 0.2) is 0 Å². The van der Waals surface area contributed by atoms with Crippen LogP contribution >= 0.6 is 45.2 Å². The Kier molecular flexibility index (Phi) is 4.23. The number of hydrogen-bond donors (Lipinski definition) is 1. The molecule has 13 heavy (non-hydrogen) atoms. The molecule has 0 amide bonds. The molecule has 0 fully saturated rings.